The molecule has 0 aromatic carbocycles. The summed E-state index contributed by atoms with van der Waals surface area (Å²) in [6.45, 7) is 4.69. The third-order valence-corrected chi connectivity index (χ3v) is 3.98. The highest BCUT2D eigenvalue weighted by Crippen LogP contribution is 2.22. The zero-order valence-electron chi connectivity index (χ0n) is 11.9. The Morgan fingerprint density at radius 1 is 1.47 bits per heavy atom. The fourth-order valence-electron chi connectivity index (χ4n) is 2.70. The Morgan fingerprint density at radius 3 is 2.58 bits per heavy atom. The van der Waals surface area contributed by atoms with Gasteiger partial charge in [-0.3, -0.25) is 14.4 Å². The molecule has 0 atom stereocenters. The molecule has 2 rings (SSSR count). The molecule has 0 unspecified atom stereocenters. The highest BCUT2D eigenvalue weighted by Gasteiger charge is 2.25. The van der Waals surface area contributed by atoms with Gasteiger partial charge < -0.3 is 11.1 Å². The van der Waals surface area contributed by atoms with Crippen LogP contribution in [0.15, 0.2) is 0 Å². The minimum atomic E-state index is 0.161. The van der Waals surface area contributed by atoms with Crippen LogP contribution in [0.25, 0.3) is 0 Å². The molecule has 1 aliphatic rings. The van der Waals surface area contributed by atoms with E-state index in [0.29, 0.717) is 0 Å². The van der Waals surface area contributed by atoms with E-state index in [0.717, 1.165) is 49.6 Å². The molecule has 0 bridgehead atoms. The van der Waals surface area contributed by atoms with E-state index in [2.05, 4.69) is 15.3 Å². The highest BCUT2D eigenvalue weighted by atomic mass is 16.1. The number of hydrogen-bond acceptors (Lipinski definition) is 4. The van der Waals surface area contributed by atoms with E-state index in [1.54, 1.807) is 11.7 Å². The molecule has 6 nitrogen and oxygen atoms in total. The molecule has 6 heteroatoms. The number of hydrogen-bond donors (Lipinski definition) is 2. The van der Waals surface area contributed by atoms with E-state index in [9.17, 15) is 4.79 Å². The second kappa shape index (κ2) is 5.61. The number of likely N-dealkylation sites (tertiary alicyclic amines) is 1. The van der Waals surface area contributed by atoms with Gasteiger partial charge in [-0.2, -0.15) is 5.10 Å². The van der Waals surface area contributed by atoms with Crippen LogP contribution >= 0.6 is 0 Å². The fourth-order valence-corrected chi connectivity index (χ4v) is 2.70. The number of anilines is 1. The predicted octanol–water partition coefficient (Wildman–Crippen LogP) is 0.269. The molecule has 106 valence electrons. The Morgan fingerprint density at radius 2 is 2.11 bits per heavy atom. The van der Waals surface area contributed by atoms with Crippen LogP contribution in [0.1, 0.15) is 24.1 Å². The first-order valence-corrected chi connectivity index (χ1v) is 6.74. The molecule has 1 aliphatic heterocycles. The summed E-state index contributed by atoms with van der Waals surface area (Å²) >= 11 is 0. The maximum absolute atomic E-state index is 11.6. The van der Waals surface area contributed by atoms with Crippen LogP contribution in [0.2, 0.25) is 0 Å². The minimum Gasteiger partial charge on any atom is -0.384 e. The standard InChI is InChI=1S/C13H23N5O/c1-9-11(12(14)17(3)16-9)8-18-6-4-10(5-7-18)13(19)15-2/h10H,4-8,14H2,1-3H3,(H,15,19). The molecule has 1 saturated heterocycles. The lowest BCUT2D eigenvalue weighted by molar-refractivity contribution is -0.125. The molecule has 0 radical (unpaired) electrons. The molecule has 1 fully saturated rings. The van der Waals surface area contributed by atoms with E-state index in [4.69, 9.17) is 5.73 Å². The number of nitrogens with one attached hydrogen (secondary N) is 1. The number of aryl methyl sites for hydroxylation is 2. The highest BCUT2D eigenvalue weighted by molar-refractivity contribution is 5.78. The molecule has 0 spiro atoms. The lowest BCUT2D eigenvalue weighted by atomic mass is 9.95. The Labute approximate surface area is 113 Å². The summed E-state index contributed by atoms with van der Waals surface area (Å²) in [6, 6.07) is 0. The Hall–Kier alpha value is -1.56. The number of piperidine rings is 1. The molecule has 3 N–H and O–H groups in total. The number of nitrogens with zero attached hydrogens (tertiary/aromatic N) is 3. The van der Waals surface area contributed by atoms with Gasteiger partial charge in [0.1, 0.15) is 5.82 Å². The number of amides is 1. The van der Waals surface area contributed by atoms with E-state index in [1.807, 2.05) is 14.0 Å². The van der Waals surface area contributed by atoms with Crippen LogP contribution < -0.4 is 11.1 Å². The zero-order chi connectivity index (χ0) is 14.0. The molecule has 1 amide bonds. The normalized spacial score (nSPS) is 17.6. The lowest BCUT2D eigenvalue weighted by Gasteiger charge is -2.31. The van der Waals surface area contributed by atoms with Crippen LogP contribution in [-0.4, -0.2) is 40.7 Å². The summed E-state index contributed by atoms with van der Waals surface area (Å²) in [5.41, 5.74) is 8.13. The molecule has 1 aromatic heterocycles. The Kier molecular flexibility index (Phi) is 4.09. The van der Waals surface area contributed by atoms with Gasteiger partial charge >= 0.3 is 0 Å². The molecule has 19 heavy (non-hydrogen) atoms. The van der Waals surface area contributed by atoms with E-state index in [-0.39, 0.29) is 11.8 Å². The van der Waals surface area contributed by atoms with Crippen molar-refractivity contribution < 1.29 is 4.79 Å². The second-order valence-corrected chi connectivity index (χ2v) is 5.24. The number of nitrogen functional groups attached to an aromatic ring is 1. The summed E-state index contributed by atoms with van der Waals surface area (Å²) in [7, 11) is 3.57. The van der Waals surface area contributed by atoms with Gasteiger partial charge in [0, 0.05) is 32.1 Å². The summed E-state index contributed by atoms with van der Waals surface area (Å²) < 4.78 is 1.72. The maximum atomic E-state index is 11.6. The van der Waals surface area contributed by atoms with Crippen LogP contribution in [0.4, 0.5) is 5.82 Å². The van der Waals surface area contributed by atoms with Crippen molar-refractivity contribution in [2.24, 2.45) is 13.0 Å². The molecule has 1 aromatic rings. The van der Waals surface area contributed by atoms with Crippen molar-refractivity contribution in [1.29, 1.82) is 0 Å². The molecular weight excluding hydrogens is 242 g/mol. The van der Waals surface area contributed by atoms with Crippen molar-refractivity contribution >= 4 is 11.7 Å². The van der Waals surface area contributed by atoms with Crippen LogP contribution in [-0.2, 0) is 18.4 Å². The third-order valence-electron chi connectivity index (χ3n) is 3.98. The first-order valence-electron chi connectivity index (χ1n) is 6.74. The number of nitrogens with two attached hydrogens (primary N) is 1. The van der Waals surface area contributed by atoms with E-state index in [1.165, 1.54) is 0 Å². The van der Waals surface area contributed by atoms with Crippen molar-refractivity contribution in [2.45, 2.75) is 26.3 Å². The Balaban J connectivity index is 1.94. The monoisotopic (exact) mass is 265 g/mol. The van der Waals surface area contributed by atoms with Gasteiger partial charge in [-0.25, -0.2) is 0 Å². The van der Waals surface area contributed by atoms with E-state index < -0.39 is 0 Å². The summed E-state index contributed by atoms with van der Waals surface area (Å²) in [5, 5.41) is 7.06. The Bertz CT molecular complexity index is 460. The fraction of sp³-hybridized carbons (Fsp3) is 0.692. The van der Waals surface area contributed by atoms with Crippen molar-refractivity contribution in [3.63, 3.8) is 0 Å². The van der Waals surface area contributed by atoms with Gasteiger partial charge in [-0.15, -0.1) is 0 Å². The summed E-state index contributed by atoms with van der Waals surface area (Å²) in [5.74, 6) is 1.07. The quantitative estimate of drug-likeness (QED) is 0.822. The van der Waals surface area contributed by atoms with Gasteiger partial charge in [0.05, 0.1) is 5.69 Å². The van der Waals surface area contributed by atoms with Gasteiger partial charge in [-0.05, 0) is 32.9 Å². The minimum absolute atomic E-state index is 0.161. The number of rotatable bonds is 3. The number of carbonyl (C=O) groups excluding carboxylic acids is 1. The number of carbonyl (C=O) groups is 1. The van der Waals surface area contributed by atoms with Gasteiger partial charge in [0.25, 0.3) is 0 Å². The predicted molar refractivity (Wildman–Crippen MR) is 74.4 cm³/mol. The second-order valence-electron chi connectivity index (χ2n) is 5.24. The summed E-state index contributed by atoms with van der Waals surface area (Å²) in [4.78, 5) is 13.9. The summed E-state index contributed by atoms with van der Waals surface area (Å²) in [6.07, 6.45) is 1.83. The first-order chi connectivity index (χ1) is 9.02. The van der Waals surface area contributed by atoms with Crippen LogP contribution in [0, 0.1) is 12.8 Å². The van der Waals surface area contributed by atoms with Crippen LogP contribution in [0.3, 0.4) is 0 Å². The van der Waals surface area contributed by atoms with Gasteiger partial charge in [-0.1, -0.05) is 0 Å². The SMILES string of the molecule is CNC(=O)C1CCN(Cc2c(C)nn(C)c2N)CC1. The van der Waals surface area contributed by atoms with Crippen molar-refractivity contribution in [2.75, 3.05) is 25.9 Å². The zero-order valence-corrected chi connectivity index (χ0v) is 11.9. The largest absolute Gasteiger partial charge is 0.384 e. The maximum Gasteiger partial charge on any atom is 0.222 e. The average Bonchev–Trinajstić information content (AvgIpc) is 2.65. The van der Waals surface area contributed by atoms with Crippen molar-refractivity contribution in [1.82, 2.24) is 20.0 Å². The third kappa shape index (κ3) is 2.89. The molecule has 0 saturated carbocycles. The van der Waals surface area contributed by atoms with Gasteiger partial charge in [0.2, 0.25) is 5.91 Å². The van der Waals surface area contributed by atoms with Crippen molar-refractivity contribution in [3.05, 3.63) is 11.3 Å². The van der Waals surface area contributed by atoms with Crippen LogP contribution in [0.5, 0.6) is 0 Å². The van der Waals surface area contributed by atoms with Gasteiger partial charge in [0.15, 0.2) is 0 Å². The van der Waals surface area contributed by atoms with Crippen molar-refractivity contribution in [3.8, 4) is 0 Å². The molecular formula is C13H23N5O. The first kappa shape index (κ1) is 13.9. The van der Waals surface area contributed by atoms with E-state index >= 15 is 0 Å². The smallest absolute Gasteiger partial charge is 0.222 e. The average molecular weight is 265 g/mol. The lowest BCUT2D eigenvalue weighted by Crippen LogP contribution is -2.39. The molecule has 2 heterocycles. The molecule has 0 aliphatic carbocycles. The number of aromatic nitrogens is 2. The topological polar surface area (TPSA) is 76.2 Å².